The van der Waals surface area contributed by atoms with Crippen LogP contribution in [-0.4, -0.2) is 18.6 Å². The van der Waals surface area contributed by atoms with Crippen molar-refractivity contribution in [2.75, 3.05) is 6.79 Å². The van der Waals surface area contributed by atoms with Gasteiger partial charge in [-0.1, -0.05) is 30.3 Å². The predicted molar refractivity (Wildman–Crippen MR) is 120 cm³/mol. The van der Waals surface area contributed by atoms with Gasteiger partial charge in [0.2, 0.25) is 6.79 Å². The van der Waals surface area contributed by atoms with Gasteiger partial charge in [-0.2, -0.15) is 0 Å². The second kappa shape index (κ2) is 9.65. The number of hydrogen-bond donors (Lipinski definition) is 2. The van der Waals surface area contributed by atoms with Crippen molar-refractivity contribution in [1.29, 1.82) is 0 Å². The quantitative estimate of drug-likeness (QED) is 0.495. The highest BCUT2D eigenvalue weighted by Gasteiger charge is 2.17. The third-order valence-electron chi connectivity index (χ3n) is 4.66. The third kappa shape index (κ3) is 5.15. The molecule has 0 atom stereocenters. The molecule has 32 heavy (non-hydrogen) atoms. The molecule has 0 saturated heterocycles. The summed E-state index contributed by atoms with van der Waals surface area (Å²) >= 11 is 3.33. The zero-order valence-corrected chi connectivity index (χ0v) is 18.3. The van der Waals surface area contributed by atoms with Crippen molar-refractivity contribution in [3.05, 3.63) is 99.4 Å². The van der Waals surface area contributed by atoms with Gasteiger partial charge in [-0.25, -0.2) is 4.39 Å². The van der Waals surface area contributed by atoms with Crippen LogP contribution in [0.2, 0.25) is 0 Å². The lowest BCUT2D eigenvalue weighted by atomic mass is 10.1. The normalized spacial score (nSPS) is 12.4. The van der Waals surface area contributed by atoms with Crippen molar-refractivity contribution < 1.29 is 23.5 Å². The summed E-state index contributed by atoms with van der Waals surface area (Å²) in [6, 6.07) is 17.9. The first-order valence-electron chi connectivity index (χ1n) is 9.69. The summed E-state index contributed by atoms with van der Waals surface area (Å²) < 4.78 is 24.9. The Morgan fingerprint density at radius 2 is 1.81 bits per heavy atom. The molecule has 0 radical (unpaired) electrons. The summed E-state index contributed by atoms with van der Waals surface area (Å²) in [5.41, 5.74) is 1.58. The van der Waals surface area contributed by atoms with Gasteiger partial charge in [-0.3, -0.25) is 9.59 Å². The highest BCUT2D eigenvalue weighted by molar-refractivity contribution is 9.10. The molecule has 2 amide bonds. The molecule has 1 aliphatic heterocycles. The van der Waals surface area contributed by atoms with E-state index in [2.05, 4.69) is 26.6 Å². The van der Waals surface area contributed by atoms with E-state index in [1.54, 1.807) is 42.5 Å². The lowest BCUT2D eigenvalue weighted by Crippen LogP contribution is -2.34. The van der Waals surface area contributed by atoms with E-state index in [0.717, 1.165) is 5.56 Å². The standard InChI is InChI=1S/C24H18BrFN2O4/c25-19-7-2-1-6-18(19)23(29)28-20(11-15-4-3-5-17(26)10-15)24(30)27-13-16-8-9-21-22(12-16)32-14-31-21/h1-12H,13-14H2,(H,27,30)(H,28,29)/b20-11+. The summed E-state index contributed by atoms with van der Waals surface area (Å²) in [5, 5.41) is 5.41. The number of amides is 2. The number of carbonyl (C=O) groups is 2. The minimum Gasteiger partial charge on any atom is -0.454 e. The lowest BCUT2D eigenvalue weighted by molar-refractivity contribution is -0.117. The van der Waals surface area contributed by atoms with E-state index < -0.39 is 17.6 Å². The third-order valence-corrected chi connectivity index (χ3v) is 5.35. The van der Waals surface area contributed by atoms with E-state index in [-0.39, 0.29) is 19.0 Å². The first-order chi connectivity index (χ1) is 15.5. The maximum Gasteiger partial charge on any atom is 0.268 e. The van der Waals surface area contributed by atoms with E-state index in [9.17, 15) is 14.0 Å². The predicted octanol–water partition coefficient (Wildman–Crippen LogP) is 4.40. The number of hydrogen-bond acceptors (Lipinski definition) is 4. The number of halogens is 2. The first-order valence-corrected chi connectivity index (χ1v) is 10.5. The van der Waals surface area contributed by atoms with Crippen LogP contribution in [0.1, 0.15) is 21.5 Å². The van der Waals surface area contributed by atoms with Crippen molar-refractivity contribution in [3.63, 3.8) is 0 Å². The van der Waals surface area contributed by atoms with Crippen molar-refractivity contribution in [1.82, 2.24) is 10.6 Å². The molecular formula is C24H18BrFN2O4. The van der Waals surface area contributed by atoms with Gasteiger partial charge in [-0.15, -0.1) is 0 Å². The molecule has 0 bridgehead atoms. The largest absolute Gasteiger partial charge is 0.454 e. The van der Waals surface area contributed by atoms with Crippen molar-refractivity contribution >= 4 is 33.8 Å². The lowest BCUT2D eigenvalue weighted by Gasteiger charge is -2.12. The fourth-order valence-electron chi connectivity index (χ4n) is 3.08. The van der Waals surface area contributed by atoms with Crippen molar-refractivity contribution in [2.24, 2.45) is 0 Å². The molecular weight excluding hydrogens is 479 g/mol. The zero-order valence-electron chi connectivity index (χ0n) is 16.7. The van der Waals surface area contributed by atoms with Gasteiger partial charge >= 0.3 is 0 Å². The first kappa shape index (κ1) is 21.6. The maximum absolute atomic E-state index is 13.6. The molecule has 1 heterocycles. The summed E-state index contributed by atoms with van der Waals surface area (Å²) in [7, 11) is 0. The van der Waals surface area contributed by atoms with Crippen LogP contribution < -0.4 is 20.1 Å². The van der Waals surface area contributed by atoms with E-state index >= 15 is 0 Å². The van der Waals surface area contributed by atoms with Crippen LogP contribution in [0.5, 0.6) is 11.5 Å². The van der Waals surface area contributed by atoms with Crippen LogP contribution in [0.3, 0.4) is 0 Å². The minimum absolute atomic E-state index is 0.0166. The zero-order chi connectivity index (χ0) is 22.5. The molecule has 0 spiro atoms. The van der Waals surface area contributed by atoms with E-state index in [0.29, 0.717) is 27.1 Å². The molecule has 0 aliphatic carbocycles. The average Bonchev–Trinajstić information content (AvgIpc) is 3.25. The Bertz CT molecular complexity index is 1210. The monoisotopic (exact) mass is 496 g/mol. The number of rotatable bonds is 6. The van der Waals surface area contributed by atoms with Gasteiger partial charge in [0, 0.05) is 11.0 Å². The molecule has 4 rings (SSSR count). The second-order valence-electron chi connectivity index (χ2n) is 6.92. The summed E-state index contributed by atoms with van der Waals surface area (Å²) in [6.07, 6.45) is 1.42. The molecule has 3 aromatic carbocycles. The molecule has 2 N–H and O–H groups in total. The SMILES string of the molecule is O=C(NCc1ccc2c(c1)OCO2)/C(=C\c1cccc(F)c1)NC(=O)c1ccccc1Br. The van der Waals surface area contributed by atoms with Gasteiger partial charge in [0.15, 0.2) is 11.5 Å². The summed E-state index contributed by atoms with van der Waals surface area (Å²) in [4.78, 5) is 25.7. The Morgan fingerprint density at radius 3 is 2.62 bits per heavy atom. The highest BCUT2D eigenvalue weighted by atomic mass is 79.9. The average molecular weight is 497 g/mol. The molecule has 3 aromatic rings. The van der Waals surface area contributed by atoms with Gasteiger partial charge in [0.1, 0.15) is 11.5 Å². The Kier molecular flexibility index (Phi) is 6.51. The van der Waals surface area contributed by atoms with Crippen LogP contribution in [0, 0.1) is 5.82 Å². The van der Waals surface area contributed by atoms with Crippen LogP contribution in [0.4, 0.5) is 4.39 Å². The minimum atomic E-state index is -0.521. The topological polar surface area (TPSA) is 76.7 Å². The second-order valence-corrected chi connectivity index (χ2v) is 7.77. The van der Waals surface area contributed by atoms with E-state index in [1.807, 2.05) is 6.07 Å². The van der Waals surface area contributed by atoms with Gasteiger partial charge < -0.3 is 20.1 Å². The van der Waals surface area contributed by atoms with Crippen molar-refractivity contribution in [2.45, 2.75) is 6.54 Å². The van der Waals surface area contributed by atoms with Gasteiger partial charge in [0.25, 0.3) is 11.8 Å². The Morgan fingerprint density at radius 1 is 1.00 bits per heavy atom. The van der Waals surface area contributed by atoms with Crippen LogP contribution in [-0.2, 0) is 11.3 Å². The molecule has 162 valence electrons. The fraction of sp³-hybridized carbons (Fsp3) is 0.0833. The molecule has 6 nitrogen and oxygen atoms in total. The van der Waals surface area contributed by atoms with Crippen LogP contribution >= 0.6 is 15.9 Å². The Labute approximate surface area is 192 Å². The van der Waals surface area contributed by atoms with Gasteiger partial charge in [-0.05, 0) is 69.5 Å². The molecule has 0 fully saturated rings. The van der Waals surface area contributed by atoms with E-state index in [1.165, 1.54) is 24.3 Å². The number of carbonyl (C=O) groups excluding carboxylic acids is 2. The van der Waals surface area contributed by atoms with Crippen molar-refractivity contribution in [3.8, 4) is 11.5 Å². The molecule has 1 aliphatic rings. The number of fused-ring (bicyclic) bond motifs is 1. The number of benzene rings is 3. The molecule has 8 heteroatoms. The van der Waals surface area contributed by atoms with Gasteiger partial charge in [0.05, 0.1) is 5.56 Å². The molecule has 0 unspecified atom stereocenters. The maximum atomic E-state index is 13.6. The fourth-order valence-corrected chi connectivity index (χ4v) is 3.55. The number of nitrogens with one attached hydrogen (secondary N) is 2. The Balaban J connectivity index is 1.54. The van der Waals surface area contributed by atoms with Crippen LogP contribution in [0.25, 0.3) is 6.08 Å². The molecule has 0 saturated carbocycles. The highest BCUT2D eigenvalue weighted by Crippen LogP contribution is 2.32. The number of ether oxygens (including phenoxy) is 2. The van der Waals surface area contributed by atoms with Crippen LogP contribution in [0.15, 0.2) is 76.9 Å². The summed E-state index contributed by atoms with van der Waals surface area (Å²) in [6.45, 7) is 0.355. The Hall–Kier alpha value is -3.65. The smallest absolute Gasteiger partial charge is 0.268 e. The molecule has 0 aromatic heterocycles. The summed E-state index contributed by atoms with van der Waals surface area (Å²) in [5.74, 6) is -0.191. The van der Waals surface area contributed by atoms with E-state index in [4.69, 9.17) is 9.47 Å².